The van der Waals surface area contributed by atoms with Gasteiger partial charge in [0.25, 0.3) is 0 Å². The molecule has 0 fully saturated rings. The molecule has 11 heteroatoms. The van der Waals surface area contributed by atoms with Crippen molar-refractivity contribution in [2.45, 2.75) is 39.8 Å². The summed E-state index contributed by atoms with van der Waals surface area (Å²) < 4.78 is 26.2. The van der Waals surface area contributed by atoms with Gasteiger partial charge < -0.3 is 10.2 Å². The van der Waals surface area contributed by atoms with Crippen LogP contribution < -0.4 is 9.62 Å². The first-order valence-electron chi connectivity index (χ1n) is 11.1. The Kier molecular flexibility index (Phi) is 10.7. The average Bonchev–Trinajstić information content (AvgIpc) is 2.78. The summed E-state index contributed by atoms with van der Waals surface area (Å²) in [6, 6.07) is 10.5. The number of nitrogens with zero attached hydrogens (tertiary/aromatic N) is 2. The number of hydrogen-bond acceptors (Lipinski definition) is 4. The monoisotopic (exact) mass is 561 g/mol. The van der Waals surface area contributed by atoms with E-state index < -0.39 is 28.5 Å². The van der Waals surface area contributed by atoms with Gasteiger partial charge >= 0.3 is 0 Å². The molecule has 0 aliphatic carbocycles. The topological polar surface area (TPSA) is 86.8 Å². The number of rotatable bonds is 11. The van der Waals surface area contributed by atoms with Crippen LogP contribution in [0.25, 0.3) is 0 Å². The van der Waals surface area contributed by atoms with Gasteiger partial charge in [-0.1, -0.05) is 73.8 Å². The van der Waals surface area contributed by atoms with Crippen LogP contribution in [0.1, 0.15) is 32.8 Å². The minimum Gasteiger partial charge on any atom is -0.354 e. The van der Waals surface area contributed by atoms with Gasteiger partial charge in [-0.05, 0) is 42.2 Å². The molecular weight excluding hydrogens is 533 g/mol. The molecule has 2 aromatic carbocycles. The first-order valence-corrected chi connectivity index (χ1v) is 14.1. The van der Waals surface area contributed by atoms with Crippen LogP contribution in [-0.2, 0) is 26.2 Å². The second kappa shape index (κ2) is 12.8. The van der Waals surface area contributed by atoms with E-state index in [1.807, 2.05) is 13.8 Å². The number of carbonyl (C=O) groups is 2. The fraction of sp³-hybridized carbons (Fsp3) is 0.417. The molecule has 0 radical (unpaired) electrons. The molecule has 35 heavy (non-hydrogen) atoms. The fourth-order valence-electron chi connectivity index (χ4n) is 3.42. The van der Waals surface area contributed by atoms with Crippen molar-refractivity contribution in [3.63, 3.8) is 0 Å². The van der Waals surface area contributed by atoms with E-state index in [-0.39, 0.29) is 34.1 Å². The molecular formula is C24H30Cl3N3O4S. The lowest BCUT2D eigenvalue weighted by Gasteiger charge is -2.33. The quantitative estimate of drug-likeness (QED) is 0.418. The van der Waals surface area contributed by atoms with Gasteiger partial charge in [-0.3, -0.25) is 13.9 Å². The summed E-state index contributed by atoms with van der Waals surface area (Å²) in [5, 5.41) is 3.68. The summed E-state index contributed by atoms with van der Waals surface area (Å²) in [4.78, 5) is 28.0. The number of halogens is 3. The summed E-state index contributed by atoms with van der Waals surface area (Å²) in [6.45, 7) is 5.61. The third-order valence-electron chi connectivity index (χ3n) is 5.23. The lowest BCUT2D eigenvalue weighted by molar-refractivity contribution is -0.140. The lowest BCUT2D eigenvalue weighted by Crippen LogP contribution is -2.52. The van der Waals surface area contributed by atoms with Gasteiger partial charge in [-0.2, -0.15) is 0 Å². The Morgan fingerprint density at radius 2 is 1.69 bits per heavy atom. The Morgan fingerprint density at radius 1 is 1.03 bits per heavy atom. The van der Waals surface area contributed by atoms with Gasteiger partial charge in [0.05, 0.1) is 17.0 Å². The highest BCUT2D eigenvalue weighted by atomic mass is 35.5. The SMILES string of the molecule is CCC(C(=O)NCC(C)C)N(Cc1ccccc1Cl)C(=O)CN(c1cc(Cl)ccc1Cl)S(C)(=O)=O. The van der Waals surface area contributed by atoms with Gasteiger partial charge in [-0.15, -0.1) is 0 Å². The molecule has 0 aromatic heterocycles. The van der Waals surface area contributed by atoms with E-state index in [4.69, 9.17) is 34.8 Å². The number of carbonyl (C=O) groups excluding carboxylic acids is 2. The zero-order valence-electron chi connectivity index (χ0n) is 20.1. The van der Waals surface area contributed by atoms with Gasteiger partial charge in [0, 0.05) is 23.1 Å². The molecule has 192 valence electrons. The second-order valence-corrected chi connectivity index (χ2v) is 11.7. The summed E-state index contributed by atoms with van der Waals surface area (Å²) >= 11 is 18.7. The lowest BCUT2D eigenvalue weighted by atomic mass is 10.1. The molecule has 1 N–H and O–H groups in total. The highest BCUT2D eigenvalue weighted by Crippen LogP contribution is 2.31. The van der Waals surface area contributed by atoms with Crippen LogP contribution >= 0.6 is 34.8 Å². The van der Waals surface area contributed by atoms with E-state index in [2.05, 4.69) is 5.32 Å². The predicted molar refractivity (Wildman–Crippen MR) is 143 cm³/mol. The van der Waals surface area contributed by atoms with E-state index in [1.165, 1.54) is 23.1 Å². The Bertz CT molecular complexity index is 1160. The molecule has 0 saturated carbocycles. The van der Waals surface area contributed by atoms with Crippen LogP contribution in [0.4, 0.5) is 5.69 Å². The third kappa shape index (κ3) is 8.27. The molecule has 7 nitrogen and oxygen atoms in total. The minimum absolute atomic E-state index is 0.0208. The first kappa shape index (κ1) is 29.2. The Balaban J connectivity index is 2.48. The number of benzene rings is 2. The summed E-state index contributed by atoms with van der Waals surface area (Å²) in [5.74, 6) is -0.693. The van der Waals surface area contributed by atoms with Crippen molar-refractivity contribution in [3.8, 4) is 0 Å². The largest absolute Gasteiger partial charge is 0.354 e. The van der Waals surface area contributed by atoms with Crippen LogP contribution in [-0.4, -0.2) is 50.5 Å². The summed E-state index contributed by atoms with van der Waals surface area (Å²) in [6.07, 6.45) is 1.29. The number of amides is 2. The van der Waals surface area contributed by atoms with E-state index in [0.717, 1.165) is 10.6 Å². The number of anilines is 1. The number of sulfonamides is 1. The predicted octanol–water partition coefficient (Wildman–Crippen LogP) is 4.99. The Labute approximate surface area is 222 Å². The molecule has 0 aliphatic rings. The average molecular weight is 563 g/mol. The molecule has 2 rings (SSSR count). The molecule has 0 bridgehead atoms. The maximum absolute atomic E-state index is 13.6. The van der Waals surface area contributed by atoms with Gasteiger partial charge in [-0.25, -0.2) is 8.42 Å². The number of nitrogens with one attached hydrogen (secondary N) is 1. The van der Waals surface area contributed by atoms with Gasteiger partial charge in [0.15, 0.2) is 0 Å². The standard InChI is InChI=1S/C24H30Cl3N3O4S/c1-5-21(24(32)28-13-16(2)3)29(14-17-8-6-7-9-19(17)26)23(31)15-30(35(4,33)34)22-12-18(25)10-11-20(22)27/h6-12,16,21H,5,13-15H2,1-4H3,(H,28,32). The van der Waals surface area contributed by atoms with Crippen molar-refractivity contribution in [2.75, 3.05) is 23.7 Å². The van der Waals surface area contributed by atoms with Crippen LogP contribution in [0, 0.1) is 5.92 Å². The van der Waals surface area contributed by atoms with E-state index in [9.17, 15) is 18.0 Å². The van der Waals surface area contributed by atoms with Gasteiger partial charge in [0.1, 0.15) is 12.6 Å². The van der Waals surface area contributed by atoms with Crippen LogP contribution in [0.15, 0.2) is 42.5 Å². The Hall–Kier alpha value is -2.00. The zero-order chi connectivity index (χ0) is 26.3. The molecule has 0 saturated heterocycles. The van der Waals surface area contributed by atoms with E-state index >= 15 is 0 Å². The molecule has 0 spiro atoms. The maximum Gasteiger partial charge on any atom is 0.244 e. The van der Waals surface area contributed by atoms with Crippen molar-refractivity contribution in [2.24, 2.45) is 5.92 Å². The van der Waals surface area contributed by atoms with Crippen molar-refractivity contribution in [1.82, 2.24) is 10.2 Å². The molecule has 2 aromatic rings. The fourth-order valence-corrected chi connectivity index (χ4v) is 4.91. The highest BCUT2D eigenvalue weighted by Gasteiger charge is 2.32. The van der Waals surface area contributed by atoms with Crippen molar-refractivity contribution in [3.05, 3.63) is 63.1 Å². The van der Waals surface area contributed by atoms with E-state index in [1.54, 1.807) is 31.2 Å². The second-order valence-electron chi connectivity index (χ2n) is 8.54. The molecule has 1 unspecified atom stereocenters. The first-order chi connectivity index (χ1) is 16.3. The van der Waals surface area contributed by atoms with Crippen LogP contribution in [0.2, 0.25) is 15.1 Å². The third-order valence-corrected chi connectivity index (χ3v) is 7.27. The highest BCUT2D eigenvalue weighted by molar-refractivity contribution is 7.92. The van der Waals surface area contributed by atoms with Crippen molar-refractivity contribution in [1.29, 1.82) is 0 Å². The van der Waals surface area contributed by atoms with Gasteiger partial charge in [0.2, 0.25) is 21.8 Å². The van der Waals surface area contributed by atoms with E-state index in [0.29, 0.717) is 23.6 Å². The molecule has 0 heterocycles. The zero-order valence-corrected chi connectivity index (χ0v) is 23.2. The normalized spacial score (nSPS) is 12.3. The molecule has 1 atom stereocenters. The Morgan fingerprint density at radius 3 is 2.26 bits per heavy atom. The maximum atomic E-state index is 13.6. The number of hydrogen-bond donors (Lipinski definition) is 1. The minimum atomic E-state index is -3.92. The molecule has 0 aliphatic heterocycles. The van der Waals surface area contributed by atoms with Crippen LogP contribution in [0.3, 0.4) is 0 Å². The summed E-state index contributed by atoms with van der Waals surface area (Å²) in [5.41, 5.74) is 0.703. The van der Waals surface area contributed by atoms with Crippen molar-refractivity contribution >= 4 is 62.3 Å². The van der Waals surface area contributed by atoms with Crippen LogP contribution in [0.5, 0.6) is 0 Å². The summed E-state index contributed by atoms with van der Waals surface area (Å²) in [7, 11) is -3.92. The van der Waals surface area contributed by atoms with Crippen molar-refractivity contribution < 1.29 is 18.0 Å². The smallest absolute Gasteiger partial charge is 0.244 e. The molecule has 2 amide bonds.